The SMILES string of the molecule is CCCC(CCNc1cc(C)c(Cl)cn1)C1CC1CCOc1cc(C#N)nc(C)n1. The monoisotopic (exact) mass is 427 g/mol. The minimum absolute atomic E-state index is 0.350. The van der Waals surface area contributed by atoms with Crippen LogP contribution >= 0.6 is 11.6 Å². The van der Waals surface area contributed by atoms with E-state index in [-0.39, 0.29) is 0 Å². The molecule has 1 N–H and O–H groups in total. The second kappa shape index (κ2) is 10.6. The Bertz CT molecular complexity index is 898. The first-order valence-electron chi connectivity index (χ1n) is 10.7. The zero-order valence-corrected chi connectivity index (χ0v) is 18.7. The molecule has 0 spiro atoms. The highest BCUT2D eigenvalue weighted by atomic mass is 35.5. The molecule has 2 aromatic rings. The van der Waals surface area contributed by atoms with Gasteiger partial charge in [0.2, 0.25) is 5.88 Å². The number of hydrogen-bond acceptors (Lipinski definition) is 6. The molecule has 1 aliphatic carbocycles. The molecule has 3 rings (SSSR count). The molecule has 3 atom stereocenters. The van der Waals surface area contributed by atoms with Crippen LogP contribution in [0.2, 0.25) is 5.02 Å². The number of nitrogens with zero attached hydrogens (tertiary/aromatic N) is 4. The van der Waals surface area contributed by atoms with Crippen LogP contribution in [0.15, 0.2) is 18.3 Å². The van der Waals surface area contributed by atoms with Crippen molar-refractivity contribution >= 4 is 17.4 Å². The lowest BCUT2D eigenvalue weighted by Gasteiger charge is -2.17. The van der Waals surface area contributed by atoms with Gasteiger partial charge in [0, 0.05) is 18.8 Å². The summed E-state index contributed by atoms with van der Waals surface area (Å²) in [6.45, 7) is 7.59. The van der Waals surface area contributed by atoms with Gasteiger partial charge in [-0.2, -0.15) is 10.2 Å². The molecule has 0 amide bonds. The highest BCUT2D eigenvalue weighted by Crippen LogP contribution is 2.49. The molecule has 0 bridgehead atoms. The van der Waals surface area contributed by atoms with Gasteiger partial charge >= 0.3 is 0 Å². The van der Waals surface area contributed by atoms with Gasteiger partial charge in [-0.1, -0.05) is 31.4 Å². The summed E-state index contributed by atoms with van der Waals surface area (Å²) in [4.78, 5) is 12.7. The van der Waals surface area contributed by atoms with Gasteiger partial charge in [0.25, 0.3) is 0 Å². The van der Waals surface area contributed by atoms with Crippen molar-refractivity contribution in [1.82, 2.24) is 15.0 Å². The zero-order valence-electron chi connectivity index (χ0n) is 18.0. The minimum atomic E-state index is 0.350. The summed E-state index contributed by atoms with van der Waals surface area (Å²) in [5.74, 6) is 4.18. The maximum Gasteiger partial charge on any atom is 0.217 e. The van der Waals surface area contributed by atoms with Crippen molar-refractivity contribution in [2.24, 2.45) is 17.8 Å². The number of hydrogen-bond donors (Lipinski definition) is 1. The molecule has 30 heavy (non-hydrogen) atoms. The standard InChI is InChI=1S/C23H30ClN5O/c1-4-5-17(6-8-26-22-10-15(2)21(24)14-27-22)20-11-18(20)7-9-30-23-12-19(13-25)28-16(3)29-23/h10,12,14,17-18,20H,4-9,11H2,1-3H3,(H,26,27). The molecular weight excluding hydrogens is 398 g/mol. The summed E-state index contributed by atoms with van der Waals surface area (Å²) >= 11 is 6.05. The quantitative estimate of drug-likeness (QED) is 0.521. The maximum absolute atomic E-state index is 9.01. The van der Waals surface area contributed by atoms with Crippen LogP contribution in [0.1, 0.15) is 56.1 Å². The molecule has 0 radical (unpaired) electrons. The number of halogens is 1. The molecule has 0 aliphatic heterocycles. The molecule has 2 aromatic heterocycles. The van der Waals surface area contributed by atoms with E-state index < -0.39 is 0 Å². The summed E-state index contributed by atoms with van der Waals surface area (Å²) < 4.78 is 5.79. The third kappa shape index (κ3) is 6.30. The Hall–Kier alpha value is -2.39. The van der Waals surface area contributed by atoms with Gasteiger partial charge in [-0.3, -0.25) is 0 Å². The maximum atomic E-state index is 9.01. The number of ether oxygens (including phenoxy) is 1. The number of anilines is 1. The Balaban J connectivity index is 1.42. The number of pyridine rings is 1. The fraction of sp³-hybridized carbons (Fsp3) is 0.565. The fourth-order valence-electron chi connectivity index (χ4n) is 4.13. The number of aromatic nitrogens is 3. The Kier molecular flexibility index (Phi) is 7.87. The Morgan fingerprint density at radius 2 is 2.13 bits per heavy atom. The van der Waals surface area contributed by atoms with Gasteiger partial charge in [0.05, 0.1) is 11.6 Å². The van der Waals surface area contributed by atoms with Crippen LogP contribution in [-0.2, 0) is 0 Å². The molecule has 7 heteroatoms. The fourth-order valence-corrected chi connectivity index (χ4v) is 4.23. The van der Waals surface area contributed by atoms with E-state index in [1.807, 2.05) is 19.1 Å². The van der Waals surface area contributed by atoms with Gasteiger partial charge in [-0.15, -0.1) is 0 Å². The van der Waals surface area contributed by atoms with E-state index in [1.165, 1.54) is 19.3 Å². The molecule has 1 fully saturated rings. The van der Waals surface area contributed by atoms with E-state index in [0.717, 1.165) is 48.5 Å². The van der Waals surface area contributed by atoms with Crippen molar-refractivity contribution in [1.29, 1.82) is 5.26 Å². The summed E-state index contributed by atoms with van der Waals surface area (Å²) in [7, 11) is 0. The lowest BCUT2D eigenvalue weighted by atomic mass is 9.92. The zero-order chi connectivity index (χ0) is 21.5. The smallest absolute Gasteiger partial charge is 0.217 e. The van der Waals surface area contributed by atoms with Crippen LogP contribution in [0.25, 0.3) is 0 Å². The van der Waals surface area contributed by atoms with Crippen molar-refractivity contribution in [3.8, 4) is 11.9 Å². The summed E-state index contributed by atoms with van der Waals surface area (Å²) in [5, 5.41) is 13.2. The van der Waals surface area contributed by atoms with Crippen molar-refractivity contribution in [3.05, 3.63) is 40.4 Å². The molecule has 2 heterocycles. The van der Waals surface area contributed by atoms with Crippen LogP contribution in [0, 0.1) is 42.9 Å². The highest BCUT2D eigenvalue weighted by molar-refractivity contribution is 6.31. The van der Waals surface area contributed by atoms with Gasteiger partial charge in [0.15, 0.2) is 0 Å². The van der Waals surface area contributed by atoms with Crippen molar-refractivity contribution in [3.63, 3.8) is 0 Å². The van der Waals surface area contributed by atoms with Gasteiger partial charge in [0.1, 0.15) is 23.4 Å². The normalized spacial score (nSPS) is 18.5. The Morgan fingerprint density at radius 3 is 2.87 bits per heavy atom. The number of nitrogens with one attached hydrogen (secondary N) is 1. The number of nitriles is 1. The topological polar surface area (TPSA) is 83.7 Å². The summed E-state index contributed by atoms with van der Waals surface area (Å²) in [5.41, 5.74) is 1.39. The van der Waals surface area contributed by atoms with Gasteiger partial charge in [-0.25, -0.2) is 9.97 Å². The minimum Gasteiger partial charge on any atom is -0.478 e. The van der Waals surface area contributed by atoms with E-state index in [1.54, 1.807) is 19.2 Å². The second-order valence-corrected chi connectivity index (χ2v) is 8.54. The Labute approximate surface area is 184 Å². The van der Waals surface area contributed by atoms with E-state index in [2.05, 4.69) is 27.2 Å². The largest absolute Gasteiger partial charge is 0.478 e. The van der Waals surface area contributed by atoms with Crippen molar-refractivity contribution < 1.29 is 4.74 Å². The van der Waals surface area contributed by atoms with Crippen molar-refractivity contribution in [2.45, 2.75) is 52.9 Å². The van der Waals surface area contributed by atoms with Crippen LogP contribution < -0.4 is 10.1 Å². The first-order chi connectivity index (χ1) is 14.5. The molecular formula is C23H30ClN5O. The van der Waals surface area contributed by atoms with E-state index in [9.17, 15) is 0 Å². The van der Waals surface area contributed by atoms with E-state index in [4.69, 9.17) is 21.6 Å². The third-order valence-corrected chi connectivity index (χ3v) is 6.17. The molecule has 6 nitrogen and oxygen atoms in total. The lowest BCUT2D eigenvalue weighted by Crippen LogP contribution is -2.13. The predicted octanol–water partition coefficient (Wildman–Crippen LogP) is 5.34. The summed E-state index contributed by atoms with van der Waals surface area (Å²) in [6, 6.07) is 5.65. The van der Waals surface area contributed by atoms with Gasteiger partial charge < -0.3 is 10.1 Å². The highest BCUT2D eigenvalue weighted by Gasteiger charge is 2.41. The van der Waals surface area contributed by atoms with Crippen LogP contribution in [0.5, 0.6) is 5.88 Å². The average molecular weight is 428 g/mol. The van der Waals surface area contributed by atoms with Crippen LogP contribution in [0.4, 0.5) is 5.82 Å². The molecule has 3 unspecified atom stereocenters. The molecule has 1 saturated carbocycles. The summed E-state index contributed by atoms with van der Waals surface area (Å²) in [6.07, 6.45) is 7.63. The molecule has 0 saturated heterocycles. The van der Waals surface area contributed by atoms with Crippen molar-refractivity contribution in [2.75, 3.05) is 18.5 Å². The number of rotatable bonds is 11. The first-order valence-corrected chi connectivity index (χ1v) is 11.1. The molecule has 0 aromatic carbocycles. The predicted molar refractivity (Wildman–Crippen MR) is 119 cm³/mol. The molecule has 1 aliphatic rings. The average Bonchev–Trinajstić information content (AvgIpc) is 3.49. The van der Waals surface area contributed by atoms with Crippen LogP contribution in [0.3, 0.4) is 0 Å². The number of aryl methyl sites for hydroxylation is 2. The molecule has 160 valence electrons. The van der Waals surface area contributed by atoms with E-state index in [0.29, 0.717) is 29.0 Å². The third-order valence-electron chi connectivity index (χ3n) is 5.78. The Morgan fingerprint density at radius 1 is 1.30 bits per heavy atom. The lowest BCUT2D eigenvalue weighted by molar-refractivity contribution is 0.278. The van der Waals surface area contributed by atoms with Gasteiger partial charge in [-0.05, 0) is 62.5 Å². The second-order valence-electron chi connectivity index (χ2n) is 8.13. The first kappa shape index (κ1) is 22.3. The van der Waals surface area contributed by atoms with E-state index >= 15 is 0 Å². The van der Waals surface area contributed by atoms with Crippen LogP contribution in [-0.4, -0.2) is 28.1 Å².